The maximum Gasteiger partial charge on any atom is 0.419 e. The number of rotatable bonds is 6. The van der Waals surface area contributed by atoms with Crippen molar-refractivity contribution in [1.29, 1.82) is 0 Å². The molecule has 0 spiro atoms. The van der Waals surface area contributed by atoms with E-state index in [4.69, 9.17) is 16.3 Å². The topological polar surface area (TPSA) is 58.6 Å². The fraction of sp³-hybridized carbons (Fsp3) is 0.304. The minimum atomic E-state index is -4.72. The van der Waals surface area contributed by atoms with Gasteiger partial charge in [-0.1, -0.05) is 23.7 Å². The Labute approximate surface area is 217 Å². The molecule has 0 saturated carbocycles. The Kier molecular flexibility index (Phi) is 7.45. The highest BCUT2D eigenvalue weighted by molar-refractivity contribution is 7.94. The molecular weight excluding hydrogens is 566 g/mol. The van der Waals surface area contributed by atoms with Crippen molar-refractivity contribution in [2.75, 3.05) is 24.9 Å². The Morgan fingerprint density at radius 2 is 1.78 bits per heavy atom. The minimum Gasteiger partial charge on any atom is -0.488 e. The van der Waals surface area contributed by atoms with Gasteiger partial charge in [0.1, 0.15) is 20.4 Å². The molecule has 1 N–H and O–H groups in total. The number of anilines is 1. The van der Waals surface area contributed by atoms with Crippen LogP contribution >= 0.6 is 22.9 Å². The summed E-state index contributed by atoms with van der Waals surface area (Å²) in [6, 6.07) is 7.99. The van der Waals surface area contributed by atoms with Crippen molar-refractivity contribution in [3.63, 3.8) is 0 Å². The van der Waals surface area contributed by atoms with Gasteiger partial charge >= 0.3 is 12.4 Å². The Morgan fingerprint density at radius 3 is 2.41 bits per heavy atom. The third kappa shape index (κ3) is 6.33. The normalized spacial score (nSPS) is 17.2. The molecule has 0 bridgehead atoms. The lowest BCUT2D eigenvalue weighted by atomic mass is 10.1. The number of sulfonamides is 1. The van der Waals surface area contributed by atoms with Gasteiger partial charge in [0.05, 0.1) is 16.8 Å². The van der Waals surface area contributed by atoms with Crippen LogP contribution in [0, 0.1) is 0 Å². The molecule has 14 heteroatoms. The van der Waals surface area contributed by atoms with Crippen LogP contribution in [0.1, 0.15) is 17.5 Å². The number of hydrogen-bond donors (Lipinski definition) is 1. The van der Waals surface area contributed by atoms with E-state index in [1.54, 1.807) is 7.05 Å². The van der Waals surface area contributed by atoms with Crippen molar-refractivity contribution in [3.8, 4) is 16.9 Å². The largest absolute Gasteiger partial charge is 0.488 e. The number of likely N-dealkylation sites (N-methyl/N-ethyl adjacent to an activating group) is 1. The molecule has 200 valence electrons. The number of likely N-dealkylation sites (tertiary alicyclic amines) is 1. The van der Waals surface area contributed by atoms with E-state index >= 15 is 0 Å². The van der Waals surface area contributed by atoms with E-state index in [9.17, 15) is 34.8 Å². The Balaban J connectivity index is 1.63. The molecule has 1 unspecified atom stereocenters. The smallest absolute Gasteiger partial charge is 0.419 e. The number of alkyl halides is 6. The number of nitrogens with zero attached hydrogens (tertiary/aromatic N) is 1. The number of hydrogen-bond acceptors (Lipinski definition) is 5. The average molecular weight is 585 g/mol. The van der Waals surface area contributed by atoms with Crippen LogP contribution in [0.5, 0.6) is 5.75 Å². The molecule has 0 radical (unpaired) electrons. The first-order valence-corrected chi connectivity index (χ1v) is 13.4. The maximum absolute atomic E-state index is 13.5. The van der Waals surface area contributed by atoms with Crippen molar-refractivity contribution in [2.45, 2.75) is 29.1 Å². The lowest BCUT2D eigenvalue weighted by molar-refractivity contribution is -0.139. The summed E-state index contributed by atoms with van der Waals surface area (Å²) in [6.07, 6.45) is -9.32. The first kappa shape index (κ1) is 27.6. The third-order valence-electron chi connectivity index (χ3n) is 5.61. The van der Waals surface area contributed by atoms with E-state index in [1.807, 2.05) is 4.90 Å². The number of thiophene rings is 1. The van der Waals surface area contributed by atoms with Gasteiger partial charge in [-0.25, -0.2) is 8.42 Å². The van der Waals surface area contributed by atoms with Gasteiger partial charge in [0.25, 0.3) is 10.0 Å². The molecule has 1 aliphatic rings. The molecule has 5 nitrogen and oxygen atoms in total. The molecule has 1 aliphatic heterocycles. The van der Waals surface area contributed by atoms with E-state index in [-0.39, 0.29) is 25.4 Å². The highest BCUT2D eigenvalue weighted by Crippen LogP contribution is 2.42. The molecule has 2 aromatic carbocycles. The second-order valence-electron chi connectivity index (χ2n) is 8.44. The molecule has 0 aliphatic carbocycles. The lowest BCUT2D eigenvalue weighted by Crippen LogP contribution is -2.23. The summed E-state index contributed by atoms with van der Waals surface area (Å²) < 4.78 is 113. The van der Waals surface area contributed by atoms with Gasteiger partial charge in [0.2, 0.25) is 0 Å². The third-order valence-corrected chi connectivity index (χ3v) is 8.82. The summed E-state index contributed by atoms with van der Waals surface area (Å²) in [6.45, 7) is 1.06. The van der Waals surface area contributed by atoms with Gasteiger partial charge in [-0.2, -0.15) is 26.3 Å². The van der Waals surface area contributed by atoms with Crippen LogP contribution in [-0.4, -0.2) is 39.6 Å². The number of nitrogens with one attached hydrogen (secondary N) is 1. The monoisotopic (exact) mass is 584 g/mol. The Morgan fingerprint density at radius 1 is 1.05 bits per heavy atom. The van der Waals surface area contributed by atoms with Crippen LogP contribution in [-0.2, 0) is 22.4 Å². The summed E-state index contributed by atoms with van der Waals surface area (Å²) in [5.74, 6) is -0.512. The molecule has 4 rings (SSSR count). The number of halogens is 7. The summed E-state index contributed by atoms with van der Waals surface area (Å²) in [5, 5.41) is 0. The van der Waals surface area contributed by atoms with Crippen molar-refractivity contribution >= 4 is 38.6 Å². The van der Waals surface area contributed by atoms with E-state index < -0.39 is 45.4 Å². The van der Waals surface area contributed by atoms with Crippen molar-refractivity contribution in [1.82, 2.24) is 4.90 Å². The summed E-state index contributed by atoms with van der Waals surface area (Å²) >= 11 is 6.76. The van der Waals surface area contributed by atoms with Crippen LogP contribution in [0.2, 0.25) is 4.34 Å². The molecule has 1 saturated heterocycles. The zero-order valence-corrected chi connectivity index (χ0v) is 21.3. The predicted octanol–water partition coefficient (Wildman–Crippen LogP) is 6.99. The van der Waals surface area contributed by atoms with Crippen LogP contribution in [0.4, 0.5) is 32.0 Å². The molecule has 0 amide bonds. The predicted molar refractivity (Wildman–Crippen MR) is 129 cm³/mol. The van der Waals surface area contributed by atoms with Gasteiger partial charge in [0, 0.05) is 24.7 Å². The van der Waals surface area contributed by atoms with Crippen molar-refractivity contribution in [3.05, 3.63) is 64.0 Å². The second kappa shape index (κ2) is 10.0. The van der Waals surface area contributed by atoms with Crippen molar-refractivity contribution in [2.24, 2.45) is 0 Å². The zero-order chi connectivity index (χ0) is 27.2. The van der Waals surface area contributed by atoms with Crippen LogP contribution in [0.25, 0.3) is 11.1 Å². The quantitative estimate of drug-likeness (QED) is 0.317. The molecule has 37 heavy (non-hydrogen) atoms. The molecule has 1 aromatic heterocycles. The average Bonchev–Trinajstić information content (AvgIpc) is 3.38. The van der Waals surface area contributed by atoms with Crippen LogP contribution < -0.4 is 9.46 Å². The standard InChI is InChI=1S/C23H19ClF6N2O3S2/c1-32-8-7-16(12-32)35-19-10-15(5-6-18(19)23(28,29)30)31-37(33,34)20-11-17(21(24)36-20)13-3-2-4-14(9-13)22(25,26)27/h2-6,9-11,16,31H,7-8,12H2,1H3. The van der Waals surface area contributed by atoms with Gasteiger partial charge in [-0.15, -0.1) is 11.3 Å². The molecule has 1 atom stereocenters. The van der Waals surface area contributed by atoms with Gasteiger partial charge in [-0.05, 0) is 49.4 Å². The Hall–Kier alpha value is -2.48. The van der Waals surface area contributed by atoms with Gasteiger partial charge in [-0.3, -0.25) is 4.72 Å². The SMILES string of the molecule is CN1CCC(Oc2cc(NS(=O)(=O)c3cc(-c4cccc(C(F)(F)F)c4)c(Cl)s3)ccc2C(F)(F)F)C1. The van der Waals surface area contributed by atoms with E-state index in [0.29, 0.717) is 30.8 Å². The van der Waals surface area contributed by atoms with Crippen LogP contribution in [0.3, 0.4) is 0 Å². The highest BCUT2D eigenvalue weighted by atomic mass is 35.5. The summed E-state index contributed by atoms with van der Waals surface area (Å²) in [4.78, 5) is 1.90. The van der Waals surface area contributed by atoms with E-state index in [1.165, 1.54) is 12.1 Å². The molecule has 2 heterocycles. The lowest BCUT2D eigenvalue weighted by Gasteiger charge is -2.19. The summed E-state index contributed by atoms with van der Waals surface area (Å²) in [5.41, 5.74) is -2.03. The molecule has 3 aromatic rings. The van der Waals surface area contributed by atoms with Crippen LogP contribution in [0.15, 0.2) is 52.7 Å². The first-order chi connectivity index (χ1) is 17.1. The fourth-order valence-electron chi connectivity index (χ4n) is 3.83. The number of benzene rings is 2. The first-order valence-electron chi connectivity index (χ1n) is 10.7. The van der Waals surface area contributed by atoms with Crippen molar-refractivity contribution < 1.29 is 39.5 Å². The van der Waals surface area contributed by atoms with Gasteiger partial charge in [0.15, 0.2) is 0 Å². The fourth-order valence-corrected chi connectivity index (χ4v) is 6.65. The second-order valence-corrected chi connectivity index (χ2v) is 12.0. The maximum atomic E-state index is 13.5. The molecular formula is C23H19ClF6N2O3S2. The van der Waals surface area contributed by atoms with E-state index in [2.05, 4.69) is 4.72 Å². The highest BCUT2D eigenvalue weighted by Gasteiger charge is 2.36. The zero-order valence-electron chi connectivity index (χ0n) is 19.0. The number of ether oxygens (including phenoxy) is 1. The van der Waals surface area contributed by atoms with E-state index in [0.717, 1.165) is 36.4 Å². The minimum absolute atomic E-state index is 0.0595. The van der Waals surface area contributed by atoms with Gasteiger partial charge < -0.3 is 9.64 Å². The molecule has 1 fully saturated rings. The Bertz CT molecular complexity index is 1410. The summed E-state index contributed by atoms with van der Waals surface area (Å²) in [7, 11) is -2.54.